The number of carboxylic acid groups (broad SMARTS) is 1. The lowest BCUT2D eigenvalue weighted by molar-refractivity contribution is -0.136. The van der Waals surface area contributed by atoms with Crippen LogP contribution in [0, 0.1) is 6.92 Å². The summed E-state index contributed by atoms with van der Waals surface area (Å²) in [5, 5.41) is 8.85. The summed E-state index contributed by atoms with van der Waals surface area (Å²) in [6.45, 7) is 1.97. The number of hydrogen-bond acceptors (Lipinski definition) is 1. The molecule has 0 saturated heterocycles. The molecule has 2 aromatic rings. The molecular formula is C15H14O2. The van der Waals surface area contributed by atoms with E-state index in [1.807, 2.05) is 55.5 Å². The fraction of sp³-hybridized carbons (Fsp3) is 0.133. The molecule has 2 rings (SSSR count). The van der Waals surface area contributed by atoms with Crippen molar-refractivity contribution in [1.82, 2.24) is 0 Å². The molecule has 0 bridgehead atoms. The van der Waals surface area contributed by atoms with Gasteiger partial charge in [-0.05, 0) is 29.2 Å². The van der Waals surface area contributed by atoms with E-state index in [-0.39, 0.29) is 6.42 Å². The van der Waals surface area contributed by atoms with E-state index in [0.717, 1.165) is 22.3 Å². The van der Waals surface area contributed by atoms with Crippen LogP contribution in [-0.4, -0.2) is 11.1 Å². The molecular weight excluding hydrogens is 212 g/mol. The van der Waals surface area contributed by atoms with Gasteiger partial charge >= 0.3 is 5.97 Å². The highest BCUT2D eigenvalue weighted by atomic mass is 16.4. The summed E-state index contributed by atoms with van der Waals surface area (Å²) in [4.78, 5) is 10.8. The summed E-state index contributed by atoms with van der Waals surface area (Å²) in [7, 11) is 0. The average molecular weight is 226 g/mol. The Hall–Kier alpha value is -2.09. The number of benzene rings is 2. The van der Waals surface area contributed by atoms with Crippen LogP contribution in [0.4, 0.5) is 0 Å². The summed E-state index contributed by atoms with van der Waals surface area (Å²) in [5.41, 5.74) is 4.14. The van der Waals surface area contributed by atoms with Crippen LogP contribution in [0.5, 0.6) is 0 Å². The van der Waals surface area contributed by atoms with Gasteiger partial charge in [-0.25, -0.2) is 0 Å². The van der Waals surface area contributed by atoms with Crippen LogP contribution in [0.3, 0.4) is 0 Å². The van der Waals surface area contributed by atoms with Crippen molar-refractivity contribution in [3.63, 3.8) is 0 Å². The van der Waals surface area contributed by atoms with Crippen molar-refractivity contribution in [2.75, 3.05) is 0 Å². The Labute approximate surface area is 101 Å². The van der Waals surface area contributed by atoms with Crippen LogP contribution < -0.4 is 0 Å². The standard InChI is InChI=1S/C15H14O2/c1-11-13(10-15(16)17)8-5-9-14(11)12-6-3-2-4-7-12/h2-9H,10H2,1H3,(H,16,17). The van der Waals surface area contributed by atoms with Gasteiger partial charge in [-0.1, -0.05) is 48.5 Å². The maximum atomic E-state index is 10.8. The van der Waals surface area contributed by atoms with E-state index in [1.54, 1.807) is 0 Å². The molecule has 0 radical (unpaired) electrons. The third kappa shape index (κ3) is 2.53. The van der Waals surface area contributed by atoms with E-state index < -0.39 is 5.97 Å². The fourth-order valence-corrected chi connectivity index (χ4v) is 1.97. The minimum atomic E-state index is -0.793. The van der Waals surface area contributed by atoms with Crippen LogP contribution >= 0.6 is 0 Å². The van der Waals surface area contributed by atoms with Gasteiger partial charge in [0.2, 0.25) is 0 Å². The van der Waals surface area contributed by atoms with Crippen molar-refractivity contribution in [3.05, 3.63) is 59.7 Å². The second kappa shape index (κ2) is 4.83. The quantitative estimate of drug-likeness (QED) is 0.872. The zero-order valence-electron chi connectivity index (χ0n) is 9.68. The Balaban J connectivity index is 2.46. The molecule has 17 heavy (non-hydrogen) atoms. The third-order valence-electron chi connectivity index (χ3n) is 2.87. The Morgan fingerprint density at radius 1 is 1.06 bits per heavy atom. The first-order valence-electron chi connectivity index (χ1n) is 5.54. The fourth-order valence-electron chi connectivity index (χ4n) is 1.97. The Morgan fingerprint density at radius 3 is 2.41 bits per heavy atom. The Bertz CT molecular complexity index is 530. The van der Waals surface area contributed by atoms with Gasteiger partial charge in [-0.3, -0.25) is 4.79 Å². The highest BCUT2D eigenvalue weighted by Crippen LogP contribution is 2.25. The van der Waals surface area contributed by atoms with Crippen molar-refractivity contribution in [1.29, 1.82) is 0 Å². The third-order valence-corrected chi connectivity index (χ3v) is 2.87. The van der Waals surface area contributed by atoms with Gasteiger partial charge in [0, 0.05) is 0 Å². The van der Waals surface area contributed by atoms with Crippen LogP contribution in [0.25, 0.3) is 11.1 Å². The number of carboxylic acids is 1. The van der Waals surface area contributed by atoms with Gasteiger partial charge < -0.3 is 5.11 Å². The first-order valence-corrected chi connectivity index (χ1v) is 5.54. The molecule has 0 saturated carbocycles. The molecule has 0 heterocycles. The summed E-state index contributed by atoms with van der Waals surface area (Å²) in [6.07, 6.45) is 0.0759. The molecule has 0 spiro atoms. The van der Waals surface area contributed by atoms with E-state index in [4.69, 9.17) is 5.11 Å². The molecule has 1 N–H and O–H groups in total. The minimum absolute atomic E-state index is 0.0759. The zero-order valence-corrected chi connectivity index (χ0v) is 9.68. The lowest BCUT2D eigenvalue weighted by atomic mass is 9.95. The van der Waals surface area contributed by atoms with Crippen LogP contribution in [0.1, 0.15) is 11.1 Å². The molecule has 2 nitrogen and oxygen atoms in total. The first kappa shape index (κ1) is 11.4. The van der Waals surface area contributed by atoms with Gasteiger partial charge in [0.15, 0.2) is 0 Å². The van der Waals surface area contributed by atoms with E-state index in [9.17, 15) is 4.79 Å². The van der Waals surface area contributed by atoms with Crippen molar-refractivity contribution in [2.45, 2.75) is 13.3 Å². The molecule has 2 heteroatoms. The molecule has 2 aromatic carbocycles. The van der Waals surface area contributed by atoms with Crippen molar-refractivity contribution >= 4 is 5.97 Å². The number of carbonyl (C=O) groups is 1. The molecule has 86 valence electrons. The van der Waals surface area contributed by atoms with E-state index >= 15 is 0 Å². The van der Waals surface area contributed by atoms with Crippen molar-refractivity contribution in [2.24, 2.45) is 0 Å². The molecule has 0 amide bonds. The van der Waals surface area contributed by atoms with Gasteiger partial charge in [-0.15, -0.1) is 0 Å². The molecule has 0 aliphatic heterocycles. The highest BCUT2D eigenvalue weighted by Gasteiger charge is 2.08. The first-order chi connectivity index (χ1) is 8.18. The molecule has 0 aliphatic rings. The van der Waals surface area contributed by atoms with Gasteiger partial charge in [0.1, 0.15) is 0 Å². The maximum absolute atomic E-state index is 10.8. The average Bonchev–Trinajstić information content (AvgIpc) is 2.32. The van der Waals surface area contributed by atoms with E-state index in [0.29, 0.717) is 0 Å². The normalized spacial score (nSPS) is 10.2. The number of aliphatic carboxylic acids is 1. The van der Waals surface area contributed by atoms with Crippen LogP contribution in [0.2, 0.25) is 0 Å². The second-order valence-electron chi connectivity index (χ2n) is 4.03. The van der Waals surface area contributed by atoms with Crippen molar-refractivity contribution in [3.8, 4) is 11.1 Å². The number of hydrogen-bond donors (Lipinski definition) is 1. The Morgan fingerprint density at radius 2 is 1.76 bits per heavy atom. The zero-order chi connectivity index (χ0) is 12.3. The SMILES string of the molecule is Cc1c(CC(=O)O)cccc1-c1ccccc1. The minimum Gasteiger partial charge on any atom is -0.481 e. The van der Waals surface area contributed by atoms with Gasteiger partial charge in [0.05, 0.1) is 6.42 Å². The molecule has 0 atom stereocenters. The van der Waals surface area contributed by atoms with Crippen LogP contribution in [-0.2, 0) is 11.2 Å². The largest absolute Gasteiger partial charge is 0.481 e. The smallest absolute Gasteiger partial charge is 0.307 e. The van der Waals surface area contributed by atoms with Gasteiger partial charge in [0.25, 0.3) is 0 Å². The predicted octanol–water partition coefficient (Wildman–Crippen LogP) is 3.29. The van der Waals surface area contributed by atoms with E-state index in [1.165, 1.54) is 0 Å². The van der Waals surface area contributed by atoms with Gasteiger partial charge in [-0.2, -0.15) is 0 Å². The second-order valence-corrected chi connectivity index (χ2v) is 4.03. The molecule has 0 unspecified atom stereocenters. The molecule has 0 aromatic heterocycles. The molecule has 0 aliphatic carbocycles. The lowest BCUT2D eigenvalue weighted by Gasteiger charge is -2.10. The number of rotatable bonds is 3. The molecule has 0 fully saturated rings. The summed E-state index contributed by atoms with van der Waals surface area (Å²) in [5.74, 6) is -0.793. The Kier molecular flexibility index (Phi) is 3.24. The maximum Gasteiger partial charge on any atom is 0.307 e. The van der Waals surface area contributed by atoms with Crippen LogP contribution in [0.15, 0.2) is 48.5 Å². The topological polar surface area (TPSA) is 37.3 Å². The highest BCUT2D eigenvalue weighted by molar-refractivity contribution is 5.74. The van der Waals surface area contributed by atoms with E-state index in [2.05, 4.69) is 0 Å². The monoisotopic (exact) mass is 226 g/mol. The lowest BCUT2D eigenvalue weighted by Crippen LogP contribution is -2.02. The predicted molar refractivity (Wildman–Crippen MR) is 68.0 cm³/mol. The summed E-state index contributed by atoms with van der Waals surface area (Å²) < 4.78 is 0. The van der Waals surface area contributed by atoms with Crippen molar-refractivity contribution < 1.29 is 9.90 Å². The summed E-state index contributed by atoms with van der Waals surface area (Å²) in [6, 6.07) is 15.8. The summed E-state index contributed by atoms with van der Waals surface area (Å²) >= 11 is 0.